The van der Waals surface area contributed by atoms with E-state index in [9.17, 15) is 92.3 Å². The summed E-state index contributed by atoms with van der Waals surface area (Å²) in [6, 6.07) is -4.96. The van der Waals surface area contributed by atoms with E-state index in [4.69, 9.17) is 10.8 Å². The van der Waals surface area contributed by atoms with Crippen LogP contribution in [0.2, 0.25) is 0 Å². The van der Waals surface area contributed by atoms with E-state index in [0.29, 0.717) is 12.0 Å². The average Bonchev–Trinajstić information content (AvgIpc) is 3.90. The van der Waals surface area contributed by atoms with E-state index in [1.54, 1.807) is 44.2 Å². The molecule has 1 heterocycles. The number of rotatable bonds is 34. The predicted molar refractivity (Wildman–Crippen MR) is 276 cm³/mol. The Hall–Kier alpha value is -8.46. The highest BCUT2D eigenvalue weighted by Gasteiger charge is 2.38. The summed E-state index contributed by atoms with van der Waals surface area (Å²) in [6.07, 6.45) is -2.64. The SMILES string of the molecule is CC(C)[C@H](NC(=O)[C@H](Cc1ccccc1)NC(=O)[C@@H]1CCCN1C(=O)CNC(=O)CNC(=O)[C@H](CO)NC(=O)[C@H](CC(=O)O)NC(=O)CNC(=O)[C@H](CCC(=O)O)NC(=O)[C@H](CS)NC(=O)[C@H](C)NC(=O)[C@@H](N)CC(=O)O)C(=O)O. The Labute approximate surface area is 462 Å². The van der Waals surface area contributed by atoms with Gasteiger partial charge in [-0.25, -0.2) is 4.79 Å². The minimum atomic E-state index is -1.98. The maximum atomic E-state index is 13.6. The molecule has 17 N–H and O–H groups in total. The van der Waals surface area contributed by atoms with Crippen molar-refractivity contribution in [3.05, 3.63) is 35.9 Å². The van der Waals surface area contributed by atoms with Crippen molar-refractivity contribution in [2.24, 2.45) is 11.7 Å². The number of carbonyl (C=O) groups is 15. The lowest BCUT2D eigenvalue weighted by atomic mass is 10.0. The van der Waals surface area contributed by atoms with E-state index in [-0.39, 0.29) is 19.4 Å². The summed E-state index contributed by atoms with van der Waals surface area (Å²) in [5.41, 5.74) is 6.13. The maximum Gasteiger partial charge on any atom is 0.326 e. The van der Waals surface area contributed by atoms with Gasteiger partial charge in [0.1, 0.15) is 48.3 Å². The standard InChI is InChI=1S/C47H68N12O20S/c1-22(2)38(47(78)79)58-44(75)27(14-24-8-5-4-6-9-24)55-46(77)31-10-7-13-59(31)34(63)19-49-32(61)17-50-42(73)29(20-60)56-43(74)28(16-37(68)69)53-33(62)18-51-41(72)26(11-12-35(64)65)54-45(76)30(21-80)57-39(70)23(3)52-40(71)25(48)15-36(66)67/h4-6,8-9,22-23,25-31,38,60,80H,7,10-21,48H2,1-3H3,(H,49,61)(H,50,73)(H,51,72)(H,52,71)(H,53,62)(H,54,76)(H,55,77)(H,56,74)(H,57,70)(H,58,75)(H,64,65)(H,66,67)(H,68,69)(H,78,79)/t23-,25-,26-,27-,28-,29-,30-,31-,38-/m0/s1. The van der Waals surface area contributed by atoms with Crippen LogP contribution in [0.25, 0.3) is 0 Å². The van der Waals surface area contributed by atoms with Gasteiger partial charge in [-0.15, -0.1) is 0 Å². The fourth-order valence-electron chi connectivity index (χ4n) is 7.41. The molecule has 0 unspecified atom stereocenters. The van der Waals surface area contributed by atoms with Gasteiger partial charge in [0.15, 0.2) is 0 Å². The Morgan fingerprint density at radius 2 is 1.16 bits per heavy atom. The highest BCUT2D eigenvalue weighted by Crippen LogP contribution is 2.18. The second-order valence-corrected chi connectivity index (χ2v) is 18.8. The number of benzene rings is 1. The minimum absolute atomic E-state index is 0.0171. The summed E-state index contributed by atoms with van der Waals surface area (Å²) in [5, 5.41) is 69.2. The quantitative estimate of drug-likeness (QED) is 0.0285. The summed E-state index contributed by atoms with van der Waals surface area (Å²) in [5.74, 6) is -17.8. The molecule has 11 amide bonds. The summed E-state index contributed by atoms with van der Waals surface area (Å²) < 4.78 is 0. The van der Waals surface area contributed by atoms with Crippen molar-refractivity contribution in [3.63, 3.8) is 0 Å². The van der Waals surface area contributed by atoms with Gasteiger partial charge in [-0.2, -0.15) is 12.6 Å². The summed E-state index contributed by atoms with van der Waals surface area (Å²) >= 11 is 4.00. The van der Waals surface area contributed by atoms with Crippen molar-refractivity contribution in [3.8, 4) is 0 Å². The van der Waals surface area contributed by atoms with Gasteiger partial charge < -0.3 is 89.3 Å². The minimum Gasteiger partial charge on any atom is -0.481 e. The number of thiol groups is 1. The fourth-order valence-corrected chi connectivity index (χ4v) is 7.67. The lowest BCUT2D eigenvalue weighted by Crippen LogP contribution is -2.58. The van der Waals surface area contributed by atoms with Crippen molar-refractivity contribution in [2.75, 3.05) is 38.5 Å². The van der Waals surface area contributed by atoms with Crippen LogP contribution in [0.3, 0.4) is 0 Å². The molecule has 0 aliphatic carbocycles. The molecule has 80 heavy (non-hydrogen) atoms. The van der Waals surface area contributed by atoms with Crippen molar-refractivity contribution in [2.45, 2.75) is 120 Å². The normalized spacial score (nSPS) is 15.7. The van der Waals surface area contributed by atoms with Gasteiger partial charge in [0.25, 0.3) is 0 Å². The van der Waals surface area contributed by atoms with Crippen LogP contribution in [0.15, 0.2) is 30.3 Å². The number of hydrogen-bond acceptors (Lipinski definition) is 18. The zero-order valence-electron chi connectivity index (χ0n) is 43.7. The number of nitrogens with two attached hydrogens (primary N) is 1. The Balaban J connectivity index is 2.01. The number of aliphatic carboxylic acids is 4. The van der Waals surface area contributed by atoms with Gasteiger partial charge >= 0.3 is 23.9 Å². The Morgan fingerprint density at radius 3 is 1.73 bits per heavy atom. The highest BCUT2D eigenvalue weighted by molar-refractivity contribution is 7.80. The molecule has 1 fully saturated rings. The third-order valence-corrected chi connectivity index (χ3v) is 12.1. The molecule has 0 saturated carbocycles. The molecule has 1 aliphatic heterocycles. The number of aliphatic hydroxyl groups is 1. The van der Waals surface area contributed by atoms with Crippen LogP contribution < -0.4 is 58.9 Å². The van der Waals surface area contributed by atoms with Gasteiger partial charge in [-0.1, -0.05) is 44.2 Å². The van der Waals surface area contributed by atoms with Crippen LogP contribution in [0.4, 0.5) is 0 Å². The Kier molecular flexibility index (Phi) is 28.5. The van der Waals surface area contributed by atoms with Crippen molar-refractivity contribution < 1.29 is 97.5 Å². The number of hydrogen-bond donors (Lipinski definition) is 17. The molecule has 2 rings (SSSR count). The van der Waals surface area contributed by atoms with Crippen LogP contribution in [0, 0.1) is 5.92 Å². The van der Waals surface area contributed by atoms with Crippen LogP contribution in [0.5, 0.6) is 0 Å². The van der Waals surface area contributed by atoms with Crippen molar-refractivity contribution >= 4 is 101 Å². The molecule has 1 aromatic rings. The zero-order chi connectivity index (χ0) is 60.4. The van der Waals surface area contributed by atoms with Crippen LogP contribution in [-0.2, 0) is 78.3 Å². The highest BCUT2D eigenvalue weighted by atomic mass is 32.1. The van der Waals surface area contributed by atoms with Crippen LogP contribution in [-0.4, -0.2) is 212 Å². The Morgan fingerprint density at radius 1 is 0.600 bits per heavy atom. The Bertz CT molecular complexity index is 2450. The third-order valence-electron chi connectivity index (χ3n) is 11.7. The smallest absolute Gasteiger partial charge is 0.326 e. The molecular formula is C47H68N12O20S. The first-order chi connectivity index (χ1) is 37.6. The molecule has 0 spiro atoms. The monoisotopic (exact) mass is 1150 g/mol. The third kappa shape index (κ3) is 23.6. The number of carboxylic acids is 4. The summed E-state index contributed by atoms with van der Waals surface area (Å²) in [6.45, 7) is 0.782. The summed E-state index contributed by atoms with van der Waals surface area (Å²) in [7, 11) is 0. The molecule has 0 radical (unpaired) electrons. The molecule has 0 bridgehead atoms. The van der Waals surface area contributed by atoms with E-state index >= 15 is 0 Å². The number of amides is 11. The van der Waals surface area contributed by atoms with E-state index < -0.39 is 207 Å². The second kappa shape index (κ2) is 33.7. The maximum absolute atomic E-state index is 13.6. The van der Waals surface area contributed by atoms with Crippen LogP contribution in [0.1, 0.15) is 64.9 Å². The number of aliphatic hydroxyl groups excluding tert-OH is 1. The van der Waals surface area contributed by atoms with Crippen molar-refractivity contribution in [1.29, 1.82) is 0 Å². The van der Waals surface area contributed by atoms with Gasteiger partial charge in [0, 0.05) is 25.1 Å². The topological polar surface area (TPSA) is 507 Å². The first-order valence-corrected chi connectivity index (χ1v) is 25.3. The van der Waals surface area contributed by atoms with E-state index in [1.165, 1.54) is 11.8 Å². The van der Waals surface area contributed by atoms with Gasteiger partial charge in [0.2, 0.25) is 65.0 Å². The molecule has 442 valence electrons. The van der Waals surface area contributed by atoms with Crippen LogP contribution >= 0.6 is 12.6 Å². The van der Waals surface area contributed by atoms with E-state index in [2.05, 4.69) is 55.2 Å². The van der Waals surface area contributed by atoms with E-state index in [0.717, 1.165) is 0 Å². The molecule has 9 atom stereocenters. The average molecular weight is 1150 g/mol. The first-order valence-electron chi connectivity index (χ1n) is 24.7. The number of nitrogens with zero attached hydrogens (tertiary/aromatic N) is 1. The molecule has 33 heteroatoms. The first kappa shape index (κ1) is 67.6. The van der Waals surface area contributed by atoms with Crippen molar-refractivity contribution in [1.82, 2.24) is 58.1 Å². The lowest BCUT2D eigenvalue weighted by Gasteiger charge is -2.27. The second-order valence-electron chi connectivity index (χ2n) is 18.4. The summed E-state index contributed by atoms with van der Waals surface area (Å²) in [4.78, 5) is 190. The number of nitrogens with one attached hydrogen (secondary N) is 10. The molecule has 1 saturated heterocycles. The predicted octanol–water partition coefficient (Wildman–Crippen LogP) is -7.21. The van der Waals surface area contributed by atoms with E-state index in [1.807, 2.05) is 10.6 Å². The number of carboxylic acid groups (broad SMARTS) is 4. The molecule has 0 aromatic heterocycles. The molecule has 1 aliphatic rings. The largest absolute Gasteiger partial charge is 0.481 e. The zero-order valence-corrected chi connectivity index (χ0v) is 44.6. The van der Waals surface area contributed by atoms with Gasteiger partial charge in [0.05, 0.1) is 45.1 Å². The number of likely N-dealkylation sites (tertiary alicyclic amines) is 1. The molecule has 1 aromatic carbocycles. The lowest BCUT2D eigenvalue weighted by molar-refractivity contribution is -0.144. The molecule has 32 nitrogen and oxygen atoms in total. The fraction of sp³-hybridized carbons (Fsp3) is 0.553. The van der Waals surface area contributed by atoms with Gasteiger partial charge in [-0.05, 0) is 37.7 Å². The number of carbonyl (C=O) groups excluding carboxylic acids is 11. The van der Waals surface area contributed by atoms with Gasteiger partial charge in [-0.3, -0.25) is 67.1 Å². The molecular weight excluding hydrogens is 1080 g/mol.